The van der Waals surface area contributed by atoms with Crippen molar-refractivity contribution >= 4 is 17.7 Å². The summed E-state index contributed by atoms with van der Waals surface area (Å²) in [4.78, 5) is 40.1. The average molecular weight is 336 g/mol. The van der Waals surface area contributed by atoms with Gasteiger partial charge in [0.2, 0.25) is 17.7 Å². The molecule has 2 atom stereocenters. The van der Waals surface area contributed by atoms with Crippen molar-refractivity contribution in [2.24, 2.45) is 23.2 Å². The Balaban J connectivity index is 1.79. The molecule has 2 unspecified atom stereocenters. The van der Waals surface area contributed by atoms with Crippen molar-refractivity contribution in [2.45, 2.75) is 60.3 Å². The third kappa shape index (κ3) is 4.17. The van der Waals surface area contributed by atoms with E-state index in [9.17, 15) is 14.4 Å². The molecule has 2 saturated heterocycles. The molecule has 5 nitrogen and oxygen atoms in total. The number of hydrogen-bond donors (Lipinski definition) is 0. The van der Waals surface area contributed by atoms with Gasteiger partial charge in [-0.05, 0) is 30.1 Å². The van der Waals surface area contributed by atoms with Crippen LogP contribution in [-0.4, -0.2) is 47.2 Å². The molecular formula is C19H32N2O3. The Morgan fingerprint density at radius 1 is 1.25 bits per heavy atom. The molecular weight excluding hydrogens is 304 g/mol. The molecule has 0 radical (unpaired) electrons. The molecule has 0 N–H and O–H groups in total. The van der Waals surface area contributed by atoms with Crippen LogP contribution in [-0.2, 0) is 14.4 Å². The Morgan fingerprint density at radius 2 is 1.92 bits per heavy atom. The van der Waals surface area contributed by atoms with Gasteiger partial charge in [0.05, 0.1) is 5.92 Å². The fourth-order valence-corrected chi connectivity index (χ4v) is 3.70. The summed E-state index contributed by atoms with van der Waals surface area (Å²) >= 11 is 0. The number of hydrogen-bond acceptors (Lipinski definition) is 3. The van der Waals surface area contributed by atoms with Gasteiger partial charge in [0.1, 0.15) is 0 Å². The summed E-state index contributed by atoms with van der Waals surface area (Å²) in [5.74, 6) is 0.977. The Kier molecular flexibility index (Phi) is 5.71. The van der Waals surface area contributed by atoms with Crippen molar-refractivity contribution in [3.63, 3.8) is 0 Å². The molecule has 2 aliphatic heterocycles. The van der Waals surface area contributed by atoms with Crippen molar-refractivity contribution in [2.75, 3.05) is 19.6 Å². The second kappa shape index (κ2) is 7.24. The zero-order chi connectivity index (χ0) is 18.1. The van der Waals surface area contributed by atoms with Gasteiger partial charge in [-0.2, -0.15) is 0 Å². The quantitative estimate of drug-likeness (QED) is 0.725. The highest BCUT2D eigenvalue weighted by molar-refractivity contribution is 6.03. The summed E-state index contributed by atoms with van der Waals surface area (Å²) in [6.45, 7) is 12.5. The van der Waals surface area contributed by atoms with E-state index >= 15 is 0 Å². The van der Waals surface area contributed by atoms with Crippen LogP contribution in [0.25, 0.3) is 0 Å². The van der Waals surface area contributed by atoms with E-state index in [1.54, 1.807) is 0 Å². The normalized spacial score (nSPS) is 25.2. The van der Waals surface area contributed by atoms with Crippen molar-refractivity contribution < 1.29 is 14.4 Å². The monoisotopic (exact) mass is 336 g/mol. The van der Waals surface area contributed by atoms with Crippen molar-refractivity contribution in [3.05, 3.63) is 0 Å². The summed E-state index contributed by atoms with van der Waals surface area (Å²) in [5.41, 5.74) is -0.196. The lowest BCUT2D eigenvalue weighted by Gasteiger charge is -2.25. The van der Waals surface area contributed by atoms with E-state index in [2.05, 4.69) is 13.8 Å². The van der Waals surface area contributed by atoms with Gasteiger partial charge in [0, 0.05) is 32.5 Å². The van der Waals surface area contributed by atoms with E-state index in [4.69, 9.17) is 0 Å². The third-order valence-corrected chi connectivity index (χ3v) is 5.58. The molecule has 0 aliphatic carbocycles. The fourth-order valence-electron chi connectivity index (χ4n) is 3.70. The van der Waals surface area contributed by atoms with E-state index in [0.29, 0.717) is 37.6 Å². The number of rotatable bonds is 5. The van der Waals surface area contributed by atoms with Crippen LogP contribution in [0.2, 0.25) is 0 Å². The number of carbonyl (C=O) groups excluding carboxylic acids is 3. The Hall–Kier alpha value is -1.39. The molecule has 2 fully saturated rings. The van der Waals surface area contributed by atoms with Gasteiger partial charge >= 0.3 is 0 Å². The standard InChI is InChI=1S/C19H32N2O3/c1-13(2)14-8-10-20(12-14)16(22)7-6-9-21-17(23)11-15(18(21)24)19(3,4)5/h13-15H,6-12H2,1-5H3. The minimum atomic E-state index is -0.230. The summed E-state index contributed by atoms with van der Waals surface area (Å²) in [6, 6.07) is 0. The second-order valence-electron chi connectivity index (χ2n) is 8.74. The molecule has 0 bridgehead atoms. The summed E-state index contributed by atoms with van der Waals surface area (Å²) in [7, 11) is 0. The third-order valence-electron chi connectivity index (χ3n) is 5.58. The molecule has 2 aliphatic rings. The van der Waals surface area contributed by atoms with E-state index in [-0.39, 0.29) is 29.1 Å². The SMILES string of the molecule is CC(C)C1CCN(C(=O)CCCN2C(=O)CC(C(C)(C)C)C2=O)C1. The zero-order valence-corrected chi connectivity index (χ0v) is 15.8. The minimum Gasteiger partial charge on any atom is -0.342 e. The maximum absolute atomic E-state index is 12.4. The highest BCUT2D eigenvalue weighted by atomic mass is 16.2. The molecule has 24 heavy (non-hydrogen) atoms. The van der Waals surface area contributed by atoms with Gasteiger partial charge < -0.3 is 4.90 Å². The molecule has 0 aromatic rings. The first-order valence-corrected chi connectivity index (χ1v) is 9.23. The van der Waals surface area contributed by atoms with Gasteiger partial charge in [0.25, 0.3) is 0 Å². The lowest BCUT2D eigenvalue weighted by atomic mass is 9.80. The summed E-state index contributed by atoms with van der Waals surface area (Å²) < 4.78 is 0. The van der Waals surface area contributed by atoms with Crippen LogP contribution < -0.4 is 0 Å². The van der Waals surface area contributed by atoms with Gasteiger partial charge in [-0.1, -0.05) is 34.6 Å². The van der Waals surface area contributed by atoms with Crippen molar-refractivity contribution in [1.82, 2.24) is 9.80 Å². The van der Waals surface area contributed by atoms with Crippen LogP contribution >= 0.6 is 0 Å². The molecule has 5 heteroatoms. The number of carbonyl (C=O) groups is 3. The Morgan fingerprint density at radius 3 is 2.42 bits per heavy atom. The Labute approximate surface area is 145 Å². The lowest BCUT2D eigenvalue weighted by molar-refractivity contribution is -0.141. The fraction of sp³-hybridized carbons (Fsp3) is 0.842. The average Bonchev–Trinajstić information content (AvgIpc) is 3.06. The van der Waals surface area contributed by atoms with E-state index in [1.165, 1.54) is 4.90 Å². The number of nitrogens with zero attached hydrogens (tertiary/aromatic N) is 2. The first-order chi connectivity index (χ1) is 11.1. The van der Waals surface area contributed by atoms with Crippen LogP contribution in [0, 0.1) is 23.2 Å². The van der Waals surface area contributed by atoms with E-state index < -0.39 is 0 Å². The second-order valence-corrected chi connectivity index (χ2v) is 8.74. The number of likely N-dealkylation sites (tertiary alicyclic amines) is 2. The summed E-state index contributed by atoms with van der Waals surface area (Å²) in [5, 5.41) is 0. The highest BCUT2D eigenvalue weighted by Gasteiger charge is 2.44. The highest BCUT2D eigenvalue weighted by Crippen LogP contribution is 2.35. The predicted octanol–water partition coefficient (Wildman–Crippen LogP) is 2.69. The van der Waals surface area contributed by atoms with Crippen LogP contribution in [0.15, 0.2) is 0 Å². The summed E-state index contributed by atoms with van der Waals surface area (Å²) in [6.07, 6.45) is 2.37. The van der Waals surface area contributed by atoms with Crippen LogP contribution in [0.1, 0.15) is 60.3 Å². The van der Waals surface area contributed by atoms with Gasteiger partial charge in [-0.3, -0.25) is 19.3 Å². The molecule has 3 amide bonds. The Bertz CT molecular complexity index is 507. The lowest BCUT2D eigenvalue weighted by Crippen LogP contribution is -2.35. The first kappa shape index (κ1) is 18.9. The van der Waals surface area contributed by atoms with E-state index in [0.717, 1.165) is 19.5 Å². The van der Waals surface area contributed by atoms with E-state index in [1.807, 2.05) is 25.7 Å². The number of amides is 3. The predicted molar refractivity (Wildman–Crippen MR) is 93.0 cm³/mol. The van der Waals surface area contributed by atoms with Crippen LogP contribution in [0.3, 0.4) is 0 Å². The molecule has 0 aromatic carbocycles. The molecule has 0 aromatic heterocycles. The van der Waals surface area contributed by atoms with Crippen molar-refractivity contribution in [1.29, 1.82) is 0 Å². The first-order valence-electron chi connectivity index (χ1n) is 9.23. The van der Waals surface area contributed by atoms with Gasteiger partial charge in [-0.15, -0.1) is 0 Å². The molecule has 2 rings (SSSR count). The number of imide groups is 1. The molecule has 0 spiro atoms. The maximum atomic E-state index is 12.4. The van der Waals surface area contributed by atoms with Gasteiger partial charge in [-0.25, -0.2) is 0 Å². The van der Waals surface area contributed by atoms with Crippen molar-refractivity contribution in [3.8, 4) is 0 Å². The molecule has 0 saturated carbocycles. The minimum absolute atomic E-state index is 0.0685. The van der Waals surface area contributed by atoms with Gasteiger partial charge in [0.15, 0.2) is 0 Å². The zero-order valence-electron chi connectivity index (χ0n) is 15.8. The maximum Gasteiger partial charge on any atom is 0.233 e. The smallest absolute Gasteiger partial charge is 0.233 e. The molecule has 2 heterocycles. The van der Waals surface area contributed by atoms with Crippen LogP contribution in [0.4, 0.5) is 0 Å². The topological polar surface area (TPSA) is 57.7 Å². The largest absolute Gasteiger partial charge is 0.342 e. The molecule has 136 valence electrons. The van der Waals surface area contributed by atoms with Crippen LogP contribution in [0.5, 0.6) is 0 Å².